The number of hydrogen-bond donors (Lipinski definition) is 0. The first kappa shape index (κ1) is 14.5. The number of fused-ring (bicyclic) bond motifs is 5. The van der Waals surface area contributed by atoms with E-state index in [0.717, 1.165) is 28.1 Å². The summed E-state index contributed by atoms with van der Waals surface area (Å²) in [4.78, 5) is 0.869. The van der Waals surface area contributed by atoms with E-state index in [-0.39, 0.29) is 0 Å². The molecule has 1 aliphatic carbocycles. The van der Waals surface area contributed by atoms with Crippen molar-refractivity contribution in [1.29, 1.82) is 0 Å². The molecule has 0 aromatic carbocycles. The van der Waals surface area contributed by atoms with E-state index in [1.807, 2.05) is 0 Å². The lowest BCUT2D eigenvalue weighted by molar-refractivity contribution is 0.282. The minimum atomic E-state index is 0.869. The Bertz CT molecular complexity index is 306. The van der Waals surface area contributed by atoms with Crippen LogP contribution in [0.1, 0.15) is 83.5 Å². The van der Waals surface area contributed by atoms with E-state index in [2.05, 4.69) is 0 Å². The summed E-state index contributed by atoms with van der Waals surface area (Å²) in [6.45, 7) is 0. The van der Waals surface area contributed by atoms with Gasteiger partial charge in [-0.3, -0.25) is 0 Å². The Hall–Kier alpha value is 0.860. The van der Waals surface area contributed by atoms with Crippen molar-refractivity contribution in [2.24, 2.45) is 11.8 Å². The van der Waals surface area contributed by atoms with Crippen LogP contribution in [0.3, 0.4) is 0 Å². The second-order valence-corrected chi connectivity index (χ2v) is 12.6. The Balaban J connectivity index is 1.66. The molecule has 0 aromatic rings. The molecule has 5 aliphatic rings. The fourth-order valence-corrected chi connectivity index (χ4v) is 12.1. The van der Waals surface area contributed by atoms with Gasteiger partial charge in [-0.05, 0) is 68.1 Å². The highest BCUT2D eigenvalue weighted by molar-refractivity contribution is 7.60. The molecule has 5 fully saturated rings. The zero-order valence-corrected chi connectivity index (χ0v) is 15.0. The topological polar surface area (TPSA) is 0 Å². The first-order valence-electron chi connectivity index (χ1n) is 9.39. The van der Waals surface area contributed by atoms with Crippen molar-refractivity contribution in [2.45, 2.75) is 99.7 Å². The van der Waals surface area contributed by atoms with E-state index in [4.69, 9.17) is 0 Å². The standard InChI is InChI=1S/C18H32P2/c1-5-14-6-2-10-16(9-1)19-18(13-14)15-7-3-11-17(20-18)12-4-8-15/h14-17,19-20H,1-13H2. The van der Waals surface area contributed by atoms with Gasteiger partial charge in [-0.25, -0.2) is 0 Å². The van der Waals surface area contributed by atoms with Crippen LogP contribution in [-0.4, -0.2) is 16.2 Å². The monoisotopic (exact) mass is 310 g/mol. The smallest absolute Gasteiger partial charge is 0.00855 e. The summed E-state index contributed by atoms with van der Waals surface area (Å²) in [5.74, 6) is 2.27. The SMILES string of the molecule is C1CC2CCCC(C1)PC1(C2)PC2CCCC1CCC2. The minimum absolute atomic E-state index is 0.869. The van der Waals surface area contributed by atoms with Crippen molar-refractivity contribution in [3.8, 4) is 0 Å². The van der Waals surface area contributed by atoms with E-state index in [1.165, 1.54) is 17.2 Å². The summed E-state index contributed by atoms with van der Waals surface area (Å²) in [7, 11) is 2.72. The highest BCUT2D eigenvalue weighted by atomic mass is 31.1. The molecule has 0 N–H and O–H groups in total. The third-order valence-electron chi connectivity index (χ3n) is 6.77. The predicted octanol–water partition coefficient (Wildman–Crippen LogP) is 6.14. The van der Waals surface area contributed by atoms with Gasteiger partial charge in [0.2, 0.25) is 0 Å². The van der Waals surface area contributed by atoms with Gasteiger partial charge in [-0.2, -0.15) is 0 Å². The highest BCUT2D eigenvalue weighted by Gasteiger charge is 2.47. The largest absolute Gasteiger partial charge is 0.108 e. The molecule has 5 rings (SSSR count). The molecule has 0 amide bonds. The van der Waals surface area contributed by atoms with Gasteiger partial charge in [0.15, 0.2) is 0 Å². The Labute approximate surface area is 129 Å². The first-order valence-corrected chi connectivity index (χ1v) is 11.5. The third-order valence-corrected chi connectivity index (χ3v) is 11.9. The van der Waals surface area contributed by atoms with Crippen LogP contribution in [0.15, 0.2) is 0 Å². The van der Waals surface area contributed by atoms with Crippen LogP contribution in [0, 0.1) is 11.8 Å². The fourth-order valence-electron chi connectivity index (χ4n) is 5.84. The summed E-state index contributed by atoms with van der Waals surface area (Å²) in [5.41, 5.74) is 2.29. The average molecular weight is 310 g/mol. The quantitative estimate of drug-likeness (QED) is 0.472. The van der Waals surface area contributed by atoms with Gasteiger partial charge in [-0.1, -0.05) is 38.5 Å². The van der Waals surface area contributed by atoms with Crippen LogP contribution in [0.5, 0.6) is 0 Å². The van der Waals surface area contributed by atoms with Gasteiger partial charge in [0.05, 0.1) is 0 Å². The normalized spacial score (nSPS) is 51.6. The molecular weight excluding hydrogens is 278 g/mol. The van der Waals surface area contributed by atoms with Crippen LogP contribution >= 0.6 is 17.2 Å². The maximum atomic E-state index is 1.67. The predicted molar refractivity (Wildman–Crippen MR) is 93.9 cm³/mol. The van der Waals surface area contributed by atoms with Crippen LogP contribution < -0.4 is 0 Å². The van der Waals surface area contributed by atoms with Gasteiger partial charge in [0, 0.05) is 4.90 Å². The van der Waals surface area contributed by atoms with E-state index in [1.54, 1.807) is 83.5 Å². The highest BCUT2D eigenvalue weighted by Crippen LogP contribution is 2.67. The molecular formula is C18H32P2. The number of hydrogen-bond acceptors (Lipinski definition) is 0. The lowest BCUT2D eigenvalue weighted by atomic mass is 9.81. The summed E-state index contributed by atoms with van der Waals surface area (Å²) < 4.78 is 0. The van der Waals surface area contributed by atoms with Crippen LogP contribution in [0.4, 0.5) is 0 Å². The van der Waals surface area contributed by atoms with E-state index in [9.17, 15) is 0 Å². The van der Waals surface area contributed by atoms with Crippen molar-refractivity contribution < 1.29 is 0 Å². The lowest BCUT2D eigenvalue weighted by Gasteiger charge is -2.47. The molecule has 1 spiro atoms. The summed E-state index contributed by atoms with van der Waals surface area (Å²) in [5, 5.41) is 0. The van der Waals surface area contributed by atoms with Crippen molar-refractivity contribution in [2.75, 3.05) is 0 Å². The van der Waals surface area contributed by atoms with Gasteiger partial charge < -0.3 is 0 Å². The molecule has 2 heteroatoms. The lowest BCUT2D eigenvalue weighted by Crippen LogP contribution is -2.35. The maximum Gasteiger partial charge on any atom is 0.00855 e. The van der Waals surface area contributed by atoms with Crippen molar-refractivity contribution >= 4 is 17.2 Å². The zero-order chi connectivity index (χ0) is 13.4. The van der Waals surface area contributed by atoms with Crippen LogP contribution in [0.2, 0.25) is 0 Å². The van der Waals surface area contributed by atoms with Crippen LogP contribution in [-0.2, 0) is 0 Å². The Kier molecular flexibility index (Phi) is 4.45. The molecule has 0 radical (unpaired) electrons. The molecule has 114 valence electrons. The Morgan fingerprint density at radius 2 is 1.10 bits per heavy atom. The third kappa shape index (κ3) is 2.86. The molecule has 0 nitrogen and oxygen atoms in total. The van der Waals surface area contributed by atoms with E-state index < -0.39 is 0 Å². The summed E-state index contributed by atoms with van der Waals surface area (Å²) in [6.07, 6.45) is 20.7. The molecule has 0 aromatic heterocycles. The molecule has 20 heavy (non-hydrogen) atoms. The van der Waals surface area contributed by atoms with Crippen LogP contribution in [0.25, 0.3) is 0 Å². The Morgan fingerprint density at radius 1 is 0.600 bits per heavy atom. The van der Waals surface area contributed by atoms with Gasteiger partial charge in [-0.15, -0.1) is 17.2 Å². The second-order valence-electron chi connectivity index (χ2n) is 8.14. The molecule has 4 heterocycles. The summed E-state index contributed by atoms with van der Waals surface area (Å²) in [6, 6.07) is 0. The first-order chi connectivity index (χ1) is 9.84. The molecule has 1 saturated carbocycles. The van der Waals surface area contributed by atoms with E-state index >= 15 is 0 Å². The van der Waals surface area contributed by atoms with Gasteiger partial charge >= 0.3 is 0 Å². The average Bonchev–Trinajstić information content (AvgIpc) is 2.59. The minimum Gasteiger partial charge on any atom is -0.108 e. The zero-order valence-electron chi connectivity index (χ0n) is 13.0. The molecule has 4 saturated heterocycles. The van der Waals surface area contributed by atoms with Crippen molar-refractivity contribution in [1.82, 2.24) is 0 Å². The van der Waals surface area contributed by atoms with Gasteiger partial charge in [0.1, 0.15) is 0 Å². The van der Waals surface area contributed by atoms with E-state index in [0.29, 0.717) is 0 Å². The summed E-state index contributed by atoms with van der Waals surface area (Å²) >= 11 is 0. The second kappa shape index (κ2) is 6.16. The molecule has 3 atom stereocenters. The molecule has 4 aliphatic heterocycles. The Morgan fingerprint density at radius 3 is 1.65 bits per heavy atom. The molecule has 4 bridgehead atoms. The number of rotatable bonds is 0. The van der Waals surface area contributed by atoms with Crippen molar-refractivity contribution in [3.63, 3.8) is 0 Å². The fraction of sp³-hybridized carbons (Fsp3) is 1.00. The van der Waals surface area contributed by atoms with Crippen molar-refractivity contribution in [3.05, 3.63) is 0 Å². The molecule has 3 unspecified atom stereocenters. The van der Waals surface area contributed by atoms with Gasteiger partial charge in [0.25, 0.3) is 0 Å². The maximum absolute atomic E-state index is 1.67.